The third-order valence-corrected chi connectivity index (χ3v) is 2.03. The lowest BCUT2D eigenvalue weighted by atomic mass is 10.1. The number of rotatable bonds is 2. The van der Waals surface area contributed by atoms with Gasteiger partial charge in [0.15, 0.2) is 0 Å². The molecule has 1 heterocycles. The number of likely N-dealkylation sites (N-methyl/N-ethyl adjacent to an activating group) is 1. The Labute approximate surface area is 79.4 Å². The minimum Gasteiger partial charge on any atom is -0.494 e. The van der Waals surface area contributed by atoms with E-state index in [0.717, 1.165) is 17.2 Å². The van der Waals surface area contributed by atoms with Gasteiger partial charge in [-0.25, -0.2) is 0 Å². The summed E-state index contributed by atoms with van der Waals surface area (Å²) in [6.07, 6.45) is 1.94. The molecule has 0 fully saturated rings. The molecule has 0 aromatic heterocycles. The normalized spacial score (nSPS) is 17.3. The summed E-state index contributed by atoms with van der Waals surface area (Å²) in [7, 11) is 3.52. The van der Waals surface area contributed by atoms with Gasteiger partial charge in [0.1, 0.15) is 5.76 Å². The van der Waals surface area contributed by atoms with Crippen LogP contribution in [-0.2, 0) is 4.74 Å². The second kappa shape index (κ2) is 3.64. The summed E-state index contributed by atoms with van der Waals surface area (Å²) in [6, 6.07) is 0. The van der Waals surface area contributed by atoms with Crippen molar-refractivity contribution in [2.24, 2.45) is 11.0 Å². The Morgan fingerprint density at radius 1 is 1.54 bits per heavy atom. The highest BCUT2D eigenvalue weighted by atomic mass is 16.5. The van der Waals surface area contributed by atoms with E-state index in [0.29, 0.717) is 5.92 Å². The maximum Gasteiger partial charge on any atom is 0.145 e. The molecule has 0 spiro atoms. The lowest BCUT2D eigenvalue weighted by Gasteiger charge is -2.24. The largest absolute Gasteiger partial charge is 0.494 e. The maximum atomic E-state index is 5.19. The van der Waals surface area contributed by atoms with Crippen molar-refractivity contribution in [3.05, 3.63) is 24.1 Å². The topological polar surface area (TPSA) is 24.8 Å². The standard InChI is InChI=1S/C10H16N2O/c1-7(2)9-6-10(13-5)8(3)12(4)11-9/h6-7H,3H2,1-2,4-5H3. The first-order valence-electron chi connectivity index (χ1n) is 4.33. The molecular weight excluding hydrogens is 164 g/mol. The Balaban J connectivity index is 2.97. The van der Waals surface area contributed by atoms with Gasteiger partial charge in [-0.2, -0.15) is 5.10 Å². The molecule has 0 N–H and O–H groups in total. The van der Waals surface area contributed by atoms with Gasteiger partial charge in [0, 0.05) is 13.1 Å². The molecular formula is C10H16N2O. The molecule has 72 valence electrons. The van der Waals surface area contributed by atoms with E-state index in [1.54, 1.807) is 12.1 Å². The minimum atomic E-state index is 0.403. The summed E-state index contributed by atoms with van der Waals surface area (Å²) >= 11 is 0. The molecule has 13 heavy (non-hydrogen) atoms. The van der Waals surface area contributed by atoms with Gasteiger partial charge in [-0.1, -0.05) is 20.4 Å². The maximum absolute atomic E-state index is 5.19. The summed E-state index contributed by atoms with van der Waals surface area (Å²) in [5.74, 6) is 1.20. The van der Waals surface area contributed by atoms with Gasteiger partial charge >= 0.3 is 0 Å². The molecule has 0 saturated heterocycles. The van der Waals surface area contributed by atoms with Gasteiger partial charge in [0.2, 0.25) is 0 Å². The molecule has 0 aromatic rings. The molecule has 0 bridgehead atoms. The second-order valence-electron chi connectivity index (χ2n) is 3.36. The van der Waals surface area contributed by atoms with Gasteiger partial charge in [0.25, 0.3) is 0 Å². The first kappa shape index (κ1) is 9.84. The van der Waals surface area contributed by atoms with Crippen molar-refractivity contribution in [2.75, 3.05) is 14.2 Å². The number of hydrogen-bond donors (Lipinski definition) is 0. The van der Waals surface area contributed by atoms with Crippen LogP contribution >= 0.6 is 0 Å². The molecule has 1 rings (SSSR count). The lowest BCUT2D eigenvalue weighted by molar-refractivity contribution is 0.269. The van der Waals surface area contributed by atoms with Crippen molar-refractivity contribution in [1.29, 1.82) is 0 Å². The third-order valence-electron chi connectivity index (χ3n) is 2.03. The average Bonchev–Trinajstić information content (AvgIpc) is 2.09. The van der Waals surface area contributed by atoms with Crippen LogP contribution < -0.4 is 0 Å². The summed E-state index contributed by atoms with van der Waals surface area (Å²) in [5, 5.41) is 6.10. The SMILES string of the molecule is C=C1C(OC)=CC(C(C)C)=NN1C. The van der Waals surface area contributed by atoms with E-state index in [-0.39, 0.29) is 0 Å². The van der Waals surface area contributed by atoms with Crippen LogP contribution in [0.4, 0.5) is 0 Å². The zero-order valence-corrected chi connectivity index (χ0v) is 8.66. The van der Waals surface area contributed by atoms with Gasteiger partial charge in [-0.05, 0) is 5.92 Å². The van der Waals surface area contributed by atoms with E-state index in [4.69, 9.17) is 4.74 Å². The second-order valence-corrected chi connectivity index (χ2v) is 3.36. The fraction of sp³-hybridized carbons (Fsp3) is 0.500. The molecule has 0 aromatic carbocycles. The van der Waals surface area contributed by atoms with Crippen LogP contribution in [-0.4, -0.2) is 24.9 Å². The summed E-state index contributed by atoms with van der Waals surface area (Å²) in [6.45, 7) is 8.07. The highest BCUT2D eigenvalue weighted by molar-refractivity contribution is 5.97. The van der Waals surface area contributed by atoms with E-state index < -0.39 is 0 Å². The summed E-state index contributed by atoms with van der Waals surface area (Å²) in [5.41, 5.74) is 1.82. The van der Waals surface area contributed by atoms with Crippen molar-refractivity contribution < 1.29 is 4.74 Å². The van der Waals surface area contributed by atoms with Gasteiger partial charge in [-0.15, -0.1) is 0 Å². The molecule has 0 amide bonds. The predicted octanol–water partition coefficient (Wildman–Crippen LogP) is 1.99. The monoisotopic (exact) mass is 180 g/mol. The number of allylic oxidation sites excluding steroid dienone is 1. The smallest absolute Gasteiger partial charge is 0.145 e. The minimum absolute atomic E-state index is 0.403. The van der Waals surface area contributed by atoms with Gasteiger partial charge in [0.05, 0.1) is 18.5 Å². The highest BCUT2D eigenvalue weighted by Gasteiger charge is 2.16. The van der Waals surface area contributed by atoms with E-state index in [1.165, 1.54) is 0 Å². The molecule has 0 saturated carbocycles. The van der Waals surface area contributed by atoms with Crippen LogP contribution in [0.3, 0.4) is 0 Å². The van der Waals surface area contributed by atoms with E-state index in [1.807, 2.05) is 13.1 Å². The Morgan fingerprint density at radius 3 is 2.62 bits per heavy atom. The average molecular weight is 180 g/mol. The van der Waals surface area contributed by atoms with Crippen molar-refractivity contribution in [3.63, 3.8) is 0 Å². The highest BCUT2D eigenvalue weighted by Crippen LogP contribution is 2.19. The van der Waals surface area contributed by atoms with Crippen molar-refractivity contribution in [2.45, 2.75) is 13.8 Å². The van der Waals surface area contributed by atoms with Crippen LogP contribution in [0.2, 0.25) is 0 Å². The molecule has 0 radical (unpaired) electrons. The zero-order valence-electron chi connectivity index (χ0n) is 8.66. The first-order chi connectivity index (χ1) is 6.06. The summed E-state index contributed by atoms with van der Waals surface area (Å²) in [4.78, 5) is 0. The quantitative estimate of drug-likeness (QED) is 0.649. The Bertz CT molecular complexity index is 277. The first-order valence-corrected chi connectivity index (χ1v) is 4.33. The predicted molar refractivity (Wildman–Crippen MR) is 54.3 cm³/mol. The van der Waals surface area contributed by atoms with Crippen LogP contribution in [0.15, 0.2) is 29.2 Å². The van der Waals surface area contributed by atoms with Crippen LogP contribution in [0.5, 0.6) is 0 Å². The van der Waals surface area contributed by atoms with Crippen LogP contribution in [0, 0.1) is 5.92 Å². The third kappa shape index (κ3) is 1.91. The molecule has 1 aliphatic heterocycles. The molecule has 1 aliphatic rings. The van der Waals surface area contributed by atoms with E-state index >= 15 is 0 Å². The Morgan fingerprint density at radius 2 is 2.15 bits per heavy atom. The fourth-order valence-corrected chi connectivity index (χ4v) is 1.10. The van der Waals surface area contributed by atoms with Crippen molar-refractivity contribution in [1.82, 2.24) is 5.01 Å². The number of ether oxygens (including phenoxy) is 1. The summed E-state index contributed by atoms with van der Waals surface area (Å²) < 4.78 is 5.19. The molecule has 0 atom stereocenters. The van der Waals surface area contributed by atoms with Crippen molar-refractivity contribution in [3.8, 4) is 0 Å². The number of hydrogen-bond acceptors (Lipinski definition) is 3. The van der Waals surface area contributed by atoms with E-state index in [9.17, 15) is 0 Å². The van der Waals surface area contributed by atoms with Gasteiger partial charge < -0.3 is 4.74 Å². The lowest BCUT2D eigenvalue weighted by Crippen LogP contribution is -2.22. The number of hydrazone groups is 1. The van der Waals surface area contributed by atoms with E-state index in [2.05, 4.69) is 25.5 Å². The van der Waals surface area contributed by atoms with Crippen LogP contribution in [0.25, 0.3) is 0 Å². The van der Waals surface area contributed by atoms with Crippen LogP contribution in [0.1, 0.15) is 13.8 Å². The molecule has 0 aliphatic carbocycles. The zero-order chi connectivity index (χ0) is 10.0. The number of nitrogens with zero attached hydrogens (tertiary/aromatic N) is 2. The molecule has 0 unspecified atom stereocenters. The van der Waals surface area contributed by atoms with Gasteiger partial charge in [-0.3, -0.25) is 5.01 Å². The van der Waals surface area contributed by atoms with Crippen molar-refractivity contribution >= 4 is 5.71 Å². The number of methoxy groups -OCH3 is 1. The fourth-order valence-electron chi connectivity index (χ4n) is 1.10. The molecule has 3 nitrogen and oxygen atoms in total. The Hall–Kier alpha value is -1.25. The Kier molecular flexibility index (Phi) is 2.76. The molecule has 3 heteroatoms.